The zero-order chi connectivity index (χ0) is 19.3. The van der Waals surface area contributed by atoms with Gasteiger partial charge in [-0.15, -0.1) is 0 Å². The van der Waals surface area contributed by atoms with E-state index in [-0.39, 0.29) is 23.9 Å². The van der Waals surface area contributed by atoms with E-state index in [9.17, 15) is 22.4 Å². The van der Waals surface area contributed by atoms with Crippen molar-refractivity contribution in [1.82, 2.24) is 14.9 Å². The van der Waals surface area contributed by atoms with Gasteiger partial charge in [0.1, 0.15) is 12.4 Å². The van der Waals surface area contributed by atoms with Crippen LogP contribution in [-0.4, -0.2) is 44.1 Å². The molecule has 0 unspecified atom stereocenters. The van der Waals surface area contributed by atoms with Gasteiger partial charge >= 0.3 is 6.03 Å². The number of nitrogens with zero attached hydrogens (tertiary/aromatic N) is 1. The normalized spacial score (nSPS) is 16.0. The number of urea groups is 1. The summed E-state index contributed by atoms with van der Waals surface area (Å²) in [6, 6.07) is 3.17. The number of hydrogen-bond acceptors (Lipinski definition) is 5. The number of benzene rings is 1. The third kappa shape index (κ3) is 5.67. The van der Waals surface area contributed by atoms with Crippen LogP contribution in [0.25, 0.3) is 0 Å². The van der Waals surface area contributed by atoms with Crippen molar-refractivity contribution in [1.29, 1.82) is 0 Å². The van der Waals surface area contributed by atoms with Crippen molar-refractivity contribution in [3.63, 3.8) is 0 Å². The molecule has 1 heterocycles. The molecule has 1 saturated heterocycles. The lowest BCUT2D eigenvalue weighted by molar-refractivity contribution is -0.118. The molecule has 0 aromatic heterocycles. The van der Waals surface area contributed by atoms with Crippen molar-refractivity contribution < 1.29 is 22.4 Å². The van der Waals surface area contributed by atoms with E-state index < -0.39 is 27.9 Å². The summed E-state index contributed by atoms with van der Waals surface area (Å²) < 4.78 is 40.0. The first-order valence-corrected chi connectivity index (χ1v) is 9.97. The molecule has 2 rings (SSSR count). The average molecular weight is 386 g/mol. The number of nitrogens with one attached hydrogen (secondary N) is 2. The number of halogens is 1. The lowest BCUT2D eigenvalue weighted by Gasteiger charge is -2.16. The van der Waals surface area contributed by atoms with E-state index in [4.69, 9.17) is 5.73 Å². The van der Waals surface area contributed by atoms with Gasteiger partial charge in [0, 0.05) is 12.6 Å². The van der Waals surface area contributed by atoms with Crippen LogP contribution >= 0.6 is 0 Å². The van der Waals surface area contributed by atoms with Crippen LogP contribution in [0.4, 0.5) is 14.9 Å². The average Bonchev–Trinajstić information content (AvgIpc) is 2.86. The van der Waals surface area contributed by atoms with Gasteiger partial charge in [0.15, 0.2) is 0 Å². The van der Waals surface area contributed by atoms with Gasteiger partial charge in [-0.05, 0) is 37.5 Å². The van der Waals surface area contributed by atoms with E-state index in [1.165, 1.54) is 23.1 Å². The van der Waals surface area contributed by atoms with Crippen LogP contribution in [0.15, 0.2) is 18.2 Å². The van der Waals surface area contributed by atoms with Gasteiger partial charge < -0.3 is 10.6 Å². The monoisotopic (exact) mass is 386 g/mol. The van der Waals surface area contributed by atoms with E-state index in [2.05, 4.69) is 10.0 Å². The third-order valence-corrected chi connectivity index (χ3v) is 5.62. The van der Waals surface area contributed by atoms with E-state index in [0.29, 0.717) is 31.4 Å². The summed E-state index contributed by atoms with van der Waals surface area (Å²) in [5.41, 5.74) is 6.05. The Morgan fingerprint density at radius 2 is 2.04 bits per heavy atom. The second-order valence-corrected chi connectivity index (χ2v) is 8.15. The third-order valence-electron chi connectivity index (χ3n) is 4.09. The van der Waals surface area contributed by atoms with Gasteiger partial charge in [0.25, 0.3) is 0 Å². The molecule has 4 N–H and O–H groups in total. The molecule has 0 spiro atoms. The Morgan fingerprint density at radius 1 is 1.31 bits per heavy atom. The molecule has 0 radical (unpaired) electrons. The largest absolute Gasteiger partial charge is 0.396 e. The van der Waals surface area contributed by atoms with Crippen molar-refractivity contribution in [2.24, 2.45) is 0 Å². The maximum atomic E-state index is 13.2. The Morgan fingerprint density at radius 3 is 2.65 bits per heavy atom. The molecule has 1 atom stereocenters. The molecule has 144 valence electrons. The molecule has 1 aliphatic rings. The van der Waals surface area contributed by atoms with E-state index in [0.717, 1.165) is 0 Å². The van der Waals surface area contributed by atoms with Gasteiger partial charge in [-0.2, -0.15) is 0 Å². The number of hydrogen-bond donors (Lipinski definition) is 3. The summed E-state index contributed by atoms with van der Waals surface area (Å²) in [5, 5.41) is 2.19. The minimum atomic E-state index is -3.50. The van der Waals surface area contributed by atoms with E-state index in [1.807, 2.05) is 0 Å². The summed E-state index contributed by atoms with van der Waals surface area (Å²) >= 11 is 0. The molecular weight excluding hydrogens is 363 g/mol. The van der Waals surface area contributed by atoms with Crippen molar-refractivity contribution in [3.8, 4) is 0 Å². The zero-order valence-electron chi connectivity index (χ0n) is 14.5. The minimum absolute atomic E-state index is 0.0296. The molecular formula is C16H23FN4O4S. The highest BCUT2D eigenvalue weighted by Gasteiger charge is 2.25. The predicted octanol–water partition coefficient (Wildman–Crippen LogP) is 1.11. The highest BCUT2D eigenvalue weighted by molar-refractivity contribution is 7.89. The fourth-order valence-corrected chi connectivity index (χ4v) is 4.04. The summed E-state index contributed by atoms with van der Waals surface area (Å²) in [6.45, 7) is 2.13. The first-order valence-electron chi connectivity index (χ1n) is 8.31. The number of imide groups is 1. The molecule has 0 aliphatic carbocycles. The van der Waals surface area contributed by atoms with Crippen LogP contribution in [0.3, 0.4) is 0 Å². The summed E-state index contributed by atoms with van der Waals surface area (Å²) in [5.74, 6) is -0.923. The molecule has 3 amide bonds. The number of carbonyl (C=O) groups excluding carboxylic acids is 2. The Balaban J connectivity index is 1.73. The summed E-state index contributed by atoms with van der Waals surface area (Å²) in [7, 11) is -3.50. The van der Waals surface area contributed by atoms with Gasteiger partial charge in [0.2, 0.25) is 15.9 Å². The van der Waals surface area contributed by atoms with E-state index in [1.54, 1.807) is 6.92 Å². The van der Waals surface area contributed by atoms with Crippen LogP contribution < -0.4 is 15.8 Å². The number of nitrogen functional groups attached to an aromatic ring is 1. The molecule has 1 fully saturated rings. The predicted molar refractivity (Wildman–Crippen MR) is 95.1 cm³/mol. The maximum Gasteiger partial charge on any atom is 0.324 e. The fourth-order valence-electron chi connectivity index (χ4n) is 2.66. The second kappa shape index (κ2) is 8.45. The standard InChI is InChI=1S/C16H23FN4O4S/c1-11(12-5-6-13(17)14(18)9-12)20-26(24,25)8-4-2-3-7-21-10-15(22)19-16(21)23/h5-6,9,11,20H,2-4,7-8,10,18H2,1H3,(H,19,22,23)/t11-/m1/s1. The number of amides is 3. The number of rotatable bonds is 9. The number of nitrogens with two attached hydrogens (primary N) is 1. The van der Waals surface area contributed by atoms with Gasteiger partial charge in [0.05, 0.1) is 11.4 Å². The van der Waals surface area contributed by atoms with Crippen molar-refractivity contribution >= 4 is 27.6 Å². The highest BCUT2D eigenvalue weighted by atomic mass is 32.2. The fraction of sp³-hybridized carbons (Fsp3) is 0.500. The molecule has 1 aromatic rings. The number of unbranched alkanes of at least 4 members (excludes halogenated alkanes) is 2. The van der Waals surface area contributed by atoms with Gasteiger partial charge in [-0.3, -0.25) is 10.1 Å². The van der Waals surface area contributed by atoms with Crippen LogP contribution in [0.1, 0.15) is 37.8 Å². The Labute approximate surface area is 152 Å². The van der Waals surface area contributed by atoms with Crippen molar-refractivity contribution in [2.45, 2.75) is 32.2 Å². The molecule has 0 bridgehead atoms. The zero-order valence-corrected chi connectivity index (χ0v) is 15.3. The molecule has 1 aromatic carbocycles. The van der Waals surface area contributed by atoms with Gasteiger partial charge in [-0.25, -0.2) is 22.3 Å². The highest BCUT2D eigenvalue weighted by Crippen LogP contribution is 2.19. The topological polar surface area (TPSA) is 122 Å². The lowest BCUT2D eigenvalue weighted by Crippen LogP contribution is -2.30. The lowest BCUT2D eigenvalue weighted by atomic mass is 10.1. The van der Waals surface area contributed by atoms with Crippen molar-refractivity contribution in [3.05, 3.63) is 29.6 Å². The molecule has 10 heteroatoms. The summed E-state index contributed by atoms with van der Waals surface area (Å²) in [6.07, 6.45) is 1.65. The number of sulfonamides is 1. The molecule has 1 aliphatic heterocycles. The van der Waals surface area contributed by atoms with E-state index >= 15 is 0 Å². The first-order chi connectivity index (χ1) is 12.2. The molecule has 26 heavy (non-hydrogen) atoms. The van der Waals surface area contributed by atoms with Crippen LogP contribution in [0, 0.1) is 5.82 Å². The van der Waals surface area contributed by atoms with Crippen molar-refractivity contribution in [2.75, 3.05) is 24.6 Å². The summed E-state index contributed by atoms with van der Waals surface area (Å²) in [4.78, 5) is 23.8. The number of anilines is 1. The molecule has 8 nitrogen and oxygen atoms in total. The Bertz CT molecular complexity index is 784. The SMILES string of the molecule is C[C@@H](NS(=O)(=O)CCCCCN1CC(=O)NC1=O)c1ccc(F)c(N)c1. The first kappa shape index (κ1) is 20.1. The Kier molecular flexibility index (Phi) is 6.54. The van der Waals surface area contributed by atoms with Crippen LogP contribution in [0.2, 0.25) is 0 Å². The second-order valence-electron chi connectivity index (χ2n) is 6.27. The molecule has 0 saturated carbocycles. The number of carbonyl (C=O) groups is 2. The maximum absolute atomic E-state index is 13.2. The minimum Gasteiger partial charge on any atom is -0.396 e. The van der Waals surface area contributed by atoms with Crippen LogP contribution in [-0.2, 0) is 14.8 Å². The quantitative estimate of drug-likeness (QED) is 0.333. The smallest absolute Gasteiger partial charge is 0.324 e. The van der Waals surface area contributed by atoms with Gasteiger partial charge in [-0.1, -0.05) is 12.5 Å². The van der Waals surface area contributed by atoms with Crippen LogP contribution in [0.5, 0.6) is 0 Å². The Hall–Kier alpha value is -2.20.